The predicted molar refractivity (Wildman–Crippen MR) is 118 cm³/mol. The highest BCUT2D eigenvalue weighted by Gasteiger charge is 2.18. The average Bonchev–Trinajstić information content (AvgIpc) is 3.26. The Kier molecular flexibility index (Phi) is 7.56. The lowest BCUT2D eigenvalue weighted by molar-refractivity contribution is 0.102. The van der Waals surface area contributed by atoms with Gasteiger partial charge in [0.05, 0.1) is 19.8 Å². The van der Waals surface area contributed by atoms with Gasteiger partial charge in [0.15, 0.2) is 11.5 Å². The van der Waals surface area contributed by atoms with Crippen LogP contribution in [-0.4, -0.2) is 30.8 Å². The van der Waals surface area contributed by atoms with Crippen molar-refractivity contribution in [2.75, 3.05) is 25.1 Å². The van der Waals surface area contributed by atoms with E-state index in [0.29, 0.717) is 59.8 Å². The van der Waals surface area contributed by atoms with Crippen LogP contribution in [0, 0.1) is 0 Å². The molecule has 3 rings (SSSR count). The highest BCUT2D eigenvalue weighted by Crippen LogP contribution is 2.39. The highest BCUT2D eigenvalue weighted by atomic mass is 16.5. The van der Waals surface area contributed by atoms with Crippen molar-refractivity contribution in [2.24, 2.45) is 0 Å². The molecule has 2 N–H and O–H groups in total. The first kappa shape index (κ1) is 22.2. The number of rotatable bonds is 10. The van der Waals surface area contributed by atoms with Gasteiger partial charge in [0.25, 0.3) is 5.91 Å². The average molecular weight is 425 g/mol. The normalized spacial score (nSPS) is 10.6. The first-order valence-electron chi connectivity index (χ1n) is 10.3. The topological polar surface area (TPSA) is 90.2 Å². The number of amides is 1. The summed E-state index contributed by atoms with van der Waals surface area (Å²) in [6, 6.07) is 14.1. The van der Waals surface area contributed by atoms with Crippen molar-refractivity contribution < 1.29 is 28.5 Å². The van der Waals surface area contributed by atoms with Crippen LogP contribution in [0.4, 0.5) is 5.69 Å². The van der Waals surface area contributed by atoms with Crippen molar-refractivity contribution in [1.29, 1.82) is 0 Å². The lowest BCUT2D eigenvalue weighted by Gasteiger charge is -2.17. The monoisotopic (exact) mass is 425 g/mol. The largest absolute Gasteiger partial charge is 0.490 e. The smallest absolute Gasteiger partial charge is 0.255 e. The Morgan fingerprint density at radius 2 is 1.52 bits per heavy atom. The zero-order valence-electron chi connectivity index (χ0n) is 17.9. The number of furan rings is 1. The van der Waals surface area contributed by atoms with Gasteiger partial charge < -0.3 is 29.1 Å². The maximum absolute atomic E-state index is 12.9. The molecule has 7 nitrogen and oxygen atoms in total. The molecule has 0 radical (unpaired) electrons. The van der Waals surface area contributed by atoms with E-state index in [2.05, 4.69) is 5.32 Å². The quantitative estimate of drug-likeness (QED) is 0.481. The number of hydrogen-bond acceptors (Lipinski definition) is 6. The summed E-state index contributed by atoms with van der Waals surface area (Å²) < 4.78 is 22.6. The number of carbonyl (C=O) groups excluding carboxylic acids is 1. The number of aliphatic hydroxyl groups is 1. The van der Waals surface area contributed by atoms with E-state index in [1.807, 2.05) is 32.9 Å². The fraction of sp³-hybridized carbons (Fsp3) is 0.292. The van der Waals surface area contributed by atoms with Gasteiger partial charge in [-0.2, -0.15) is 0 Å². The minimum Gasteiger partial charge on any atom is -0.490 e. The Morgan fingerprint density at radius 1 is 0.903 bits per heavy atom. The summed E-state index contributed by atoms with van der Waals surface area (Å²) in [6.45, 7) is 6.78. The first-order valence-corrected chi connectivity index (χ1v) is 10.3. The fourth-order valence-electron chi connectivity index (χ4n) is 3.06. The summed E-state index contributed by atoms with van der Waals surface area (Å²) in [6.07, 6.45) is 0. The van der Waals surface area contributed by atoms with Gasteiger partial charge in [-0.1, -0.05) is 0 Å². The molecule has 0 aliphatic carbocycles. The molecular weight excluding hydrogens is 398 g/mol. The van der Waals surface area contributed by atoms with E-state index >= 15 is 0 Å². The van der Waals surface area contributed by atoms with E-state index in [4.69, 9.17) is 23.7 Å². The SMILES string of the molecule is CCOc1cc(C(=O)Nc2ccc(-c3ccc(CO)o3)cc2)cc(OCC)c1OCC. The second-order valence-electron chi connectivity index (χ2n) is 6.56. The fourth-order valence-corrected chi connectivity index (χ4v) is 3.06. The Hall–Kier alpha value is -3.45. The van der Waals surface area contributed by atoms with E-state index in [1.54, 1.807) is 36.4 Å². The molecule has 2 aromatic carbocycles. The number of nitrogens with one attached hydrogen (secondary N) is 1. The van der Waals surface area contributed by atoms with Gasteiger partial charge in [-0.25, -0.2) is 0 Å². The number of hydrogen-bond donors (Lipinski definition) is 2. The van der Waals surface area contributed by atoms with Gasteiger partial charge in [0.1, 0.15) is 18.1 Å². The minimum absolute atomic E-state index is 0.149. The molecule has 3 aromatic rings. The van der Waals surface area contributed by atoms with Gasteiger partial charge >= 0.3 is 0 Å². The first-order chi connectivity index (χ1) is 15.1. The molecule has 0 atom stereocenters. The van der Waals surface area contributed by atoms with Gasteiger partial charge in [0, 0.05) is 16.8 Å². The molecular formula is C24H27NO6. The van der Waals surface area contributed by atoms with E-state index < -0.39 is 0 Å². The van der Waals surface area contributed by atoms with E-state index in [9.17, 15) is 4.79 Å². The van der Waals surface area contributed by atoms with Crippen LogP contribution in [0.15, 0.2) is 52.9 Å². The molecule has 1 heterocycles. The maximum atomic E-state index is 12.9. The van der Waals surface area contributed by atoms with Crippen LogP contribution in [-0.2, 0) is 6.61 Å². The van der Waals surface area contributed by atoms with Crippen LogP contribution in [0.1, 0.15) is 36.9 Å². The maximum Gasteiger partial charge on any atom is 0.255 e. The molecule has 0 saturated heterocycles. The van der Waals surface area contributed by atoms with Crippen molar-refractivity contribution in [2.45, 2.75) is 27.4 Å². The van der Waals surface area contributed by atoms with Crippen LogP contribution in [0.2, 0.25) is 0 Å². The molecule has 0 saturated carbocycles. The highest BCUT2D eigenvalue weighted by molar-refractivity contribution is 6.05. The number of anilines is 1. The van der Waals surface area contributed by atoms with Gasteiger partial charge in [-0.05, 0) is 69.3 Å². The van der Waals surface area contributed by atoms with Crippen LogP contribution in [0.25, 0.3) is 11.3 Å². The molecule has 0 spiro atoms. The third-order valence-corrected chi connectivity index (χ3v) is 4.42. The molecule has 1 aromatic heterocycles. The van der Waals surface area contributed by atoms with Crippen LogP contribution < -0.4 is 19.5 Å². The molecule has 164 valence electrons. The van der Waals surface area contributed by atoms with Crippen molar-refractivity contribution >= 4 is 11.6 Å². The molecule has 0 unspecified atom stereocenters. The second-order valence-corrected chi connectivity index (χ2v) is 6.56. The summed E-state index contributed by atoms with van der Waals surface area (Å²) in [7, 11) is 0. The zero-order valence-corrected chi connectivity index (χ0v) is 17.9. The van der Waals surface area contributed by atoms with Crippen LogP contribution >= 0.6 is 0 Å². The molecule has 0 bridgehead atoms. The van der Waals surface area contributed by atoms with Gasteiger partial charge in [-0.15, -0.1) is 0 Å². The third-order valence-electron chi connectivity index (χ3n) is 4.42. The standard InChI is InChI=1S/C24H27NO6/c1-4-28-21-13-17(14-22(29-5-2)23(21)30-6-3)24(27)25-18-9-7-16(8-10-18)20-12-11-19(15-26)31-20/h7-14,26H,4-6,15H2,1-3H3,(H,25,27). The van der Waals surface area contributed by atoms with E-state index in [0.717, 1.165) is 5.56 Å². The minimum atomic E-state index is -0.293. The number of carbonyl (C=O) groups is 1. The van der Waals surface area contributed by atoms with Crippen molar-refractivity contribution in [3.05, 3.63) is 59.9 Å². The van der Waals surface area contributed by atoms with Gasteiger partial charge in [0.2, 0.25) is 5.75 Å². The molecule has 7 heteroatoms. The van der Waals surface area contributed by atoms with Crippen molar-refractivity contribution in [3.63, 3.8) is 0 Å². The van der Waals surface area contributed by atoms with E-state index in [-0.39, 0.29) is 12.5 Å². The van der Waals surface area contributed by atoms with E-state index in [1.165, 1.54) is 0 Å². The summed E-state index contributed by atoms with van der Waals surface area (Å²) in [5.41, 5.74) is 1.88. The van der Waals surface area contributed by atoms with Gasteiger partial charge in [-0.3, -0.25) is 4.79 Å². The zero-order chi connectivity index (χ0) is 22.2. The van der Waals surface area contributed by atoms with Crippen LogP contribution in [0.5, 0.6) is 17.2 Å². The number of benzene rings is 2. The number of aliphatic hydroxyl groups excluding tert-OH is 1. The Morgan fingerprint density at radius 3 is 2.03 bits per heavy atom. The Bertz CT molecular complexity index is 982. The third kappa shape index (κ3) is 5.38. The molecule has 0 aliphatic rings. The molecule has 0 aliphatic heterocycles. The molecule has 31 heavy (non-hydrogen) atoms. The summed E-state index contributed by atoms with van der Waals surface area (Å²) in [5.74, 6) is 2.28. The summed E-state index contributed by atoms with van der Waals surface area (Å²) in [5, 5.41) is 12.0. The van der Waals surface area contributed by atoms with Crippen molar-refractivity contribution in [1.82, 2.24) is 0 Å². The molecule has 1 amide bonds. The number of ether oxygens (including phenoxy) is 3. The predicted octanol–water partition coefficient (Wildman–Crippen LogP) is 4.89. The lowest BCUT2D eigenvalue weighted by Crippen LogP contribution is -2.13. The lowest BCUT2D eigenvalue weighted by atomic mass is 10.1. The van der Waals surface area contributed by atoms with Crippen LogP contribution in [0.3, 0.4) is 0 Å². The molecule has 0 fully saturated rings. The Labute approximate surface area is 181 Å². The summed E-state index contributed by atoms with van der Waals surface area (Å²) in [4.78, 5) is 12.9. The summed E-state index contributed by atoms with van der Waals surface area (Å²) >= 11 is 0. The second kappa shape index (κ2) is 10.5. The van der Waals surface area contributed by atoms with Crippen molar-refractivity contribution in [3.8, 4) is 28.6 Å². The Balaban J connectivity index is 1.81.